The molecule has 28 heavy (non-hydrogen) atoms. The number of rotatable bonds is 2. The van der Waals surface area contributed by atoms with Gasteiger partial charge in [-0.15, -0.1) is 0 Å². The number of carbonyl (C=O) groups excluding carboxylic acids is 2. The molecule has 5 atom stereocenters. The number of anilines is 1. The number of carbonyl (C=O) groups is 2. The van der Waals surface area contributed by atoms with E-state index in [4.69, 9.17) is 9.57 Å². The molecule has 1 aromatic carbocycles. The molecule has 6 heteroatoms. The second kappa shape index (κ2) is 5.33. The number of ether oxygens (including phenoxy) is 1. The Bertz CT molecular complexity index is 1030. The van der Waals surface area contributed by atoms with Gasteiger partial charge in [-0.3, -0.25) is 14.4 Å². The number of hydroxylamine groups is 1. The Morgan fingerprint density at radius 1 is 1.32 bits per heavy atom. The minimum Gasteiger partial charge on any atom is -0.376 e. The summed E-state index contributed by atoms with van der Waals surface area (Å²) in [4.78, 5) is 31.0. The van der Waals surface area contributed by atoms with Gasteiger partial charge in [-0.05, 0) is 43.0 Å². The number of amides is 1. The quantitative estimate of drug-likeness (QED) is 0.754. The first-order valence-electron chi connectivity index (χ1n) is 9.88. The van der Waals surface area contributed by atoms with Gasteiger partial charge < -0.3 is 9.30 Å². The Labute approximate surface area is 163 Å². The van der Waals surface area contributed by atoms with E-state index in [0.717, 1.165) is 24.0 Å². The van der Waals surface area contributed by atoms with Crippen molar-refractivity contribution in [1.29, 1.82) is 0 Å². The van der Waals surface area contributed by atoms with Crippen molar-refractivity contribution in [2.45, 2.75) is 43.2 Å². The Morgan fingerprint density at radius 2 is 2.14 bits per heavy atom. The molecular formula is C22H22N2O4. The molecule has 1 saturated carbocycles. The van der Waals surface area contributed by atoms with E-state index in [9.17, 15) is 9.59 Å². The average Bonchev–Trinajstić information content (AvgIpc) is 3.20. The van der Waals surface area contributed by atoms with Gasteiger partial charge in [0.1, 0.15) is 5.41 Å². The third-order valence-corrected chi connectivity index (χ3v) is 7.51. The molecule has 0 N–H and O–H groups in total. The molecule has 1 aliphatic carbocycles. The van der Waals surface area contributed by atoms with Crippen LogP contribution in [0.15, 0.2) is 30.3 Å². The van der Waals surface area contributed by atoms with Crippen LogP contribution in [0.1, 0.15) is 52.1 Å². The lowest BCUT2D eigenvalue weighted by molar-refractivity contribution is -0.137. The fraction of sp³-hybridized carbons (Fsp3) is 0.455. The van der Waals surface area contributed by atoms with Crippen LogP contribution < -0.4 is 5.06 Å². The van der Waals surface area contributed by atoms with Crippen molar-refractivity contribution in [3.63, 3.8) is 0 Å². The zero-order valence-corrected chi connectivity index (χ0v) is 15.9. The van der Waals surface area contributed by atoms with E-state index < -0.39 is 5.41 Å². The van der Waals surface area contributed by atoms with Gasteiger partial charge in [-0.25, -0.2) is 0 Å². The van der Waals surface area contributed by atoms with Gasteiger partial charge in [0.2, 0.25) is 0 Å². The van der Waals surface area contributed by atoms with Crippen LogP contribution in [0.4, 0.5) is 5.69 Å². The summed E-state index contributed by atoms with van der Waals surface area (Å²) in [6.45, 7) is 2.71. The van der Waals surface area contributed by atoms with Crippen LogP contribution in [-0.4, -0.2) is 36.6 Å². The summed E-state index contributed by atoms with van der Waals surface area (Å²) in [7, 11) is 1.53. The van der Waals surface area contributed by atoms with E-state index in [-0.39, 0.29) is 18.1 Å². The molecule has 6 nitrogen and oxygen atoms in total. The van der Waals surface area contributed by atoms with Gasteiger partial charge in [0.05, 0.1) is 31.2 Å². The second-order valence-corrected chi connectivity index (χ2v) is 8.50. The molecule has 4 aliphatic heterocycles. The Hall–Kier alpha value is -2.44. The molecule has 1 amide bonds. The first kappa shape index (κ1) is 16.5. The number of aryl methyl sites for hydroxylation is 1. The van der Waals surface area contributed by atoms with Crippen molar-refractivity contribution in [3.8, 4) is 0 Å². The second-order valence-electron chi connectivity index (χ2n) is 8.50. The fourth-order valence-corrected chi connectivity index (χ4v) is 6.50. The molecule has 2 saturated heterocycles. The maximum Gasteiger partial charge on any atom is 0.264 e. The third-order valence-electron chi connectivity index (χ3n) is 7.51. The highest BCUT2D eigenvalue weighted by Gasteiger charge is 2.65. The van der Waals surface area contributed by atoms with Gasteiger partial charge in [-0.2, -0.15) is 5.06 Å². The van der Waals surface area contributed by atoms with Crippen molar-refractivity contribution < 1.29 is 19.2 Å². The van der Waals surface area contributed by atoms with Crippen LogP contribution in [0.2, 0.25) is 0 Å². The van der Waals surface area contributed by atoms with Crippen LogP contribution in [-0.2, 0) is 19.8 Å². The van der Waals surface area contributed by atoms with Crippen LogP contribution in [0.3, 0.4) is 0 Å². The lowest BCUT2D eigenvalue weighted by atomic mass is 9.71. The van der Waals surface area contributed by atoms with Gasteiger partial charge in [-0.1, -0.05) is 18.2 Å². The van der Waals surface area contributed by atoms with Crippen LogP contribution in [0.25, 0.3) is 0 Å². The van der Waals surface area contributed by atoms with E-state index in [1.807, 2.05) is 30.3 Å². The molecule has 0 radical (unpaired) electrons. The maximum absolute atomic E-state index is 13.7. The Morgan fingerprint density at radius 3 is 2.93 bits per heavy atom. The van der Waals surface area contributed by atoms with Crippen LogP contribution in [0, 0.1) is 12.8 Å². The lowest BCUT2D eigenvalue weighted by Gasteiger charge is -2.38. The van der Waals surface area contributed by atoms with Crippen molar-refractivity contribution >= 4 is 17.9 Å². The molecule has 4 bridgehead atoms. The maximum atomic E-state index is 13.7. The minimum atomic E-state index is -0.767. The largest absolute Gasteiger partial charge is 0.376 e. The van der Waals surface area contributed by atoms with E-state index in [1.54, 1.807) is 0 Å². The summed E-state index contributed by atoms with van der Waals surface area (Å²) in [5, 5.41) is 1.42. The smallest absolute Gasteiger partial charge is 0.264 e. The van der Waals surface area contributed by atoms with Gasteiger partial charge >= 0.3 is 0 Å². The number of aromatic nitrogens is 1. The minimum absolute atomic E-state index is 0.0486. The Kier molecular flexibility index (Phi) is 3.14. The van der Waals surface area contributed by atoms with E-state index >= 15 is 0 Å². The van der Waals surface area contributed by atoms with Gasteiger partial charge in [0.15, 0.2) is 6.29 Å². The lowest BCUT2D eigenvalue weighted by Crippen LogP contribution is -2.50. The normalized spacial score (nSPS) is 34.6. The summed E-state index contributed by atoms with van der Waals surface area (Å²) in [6, 6.07) is 9.93. The highest BCUT2D eigenvalue weighted by molar-refractivity contribution is 6.07. The van der Waals surface area contributed by atoms with Crippen molar-refractivity contribution in [2.24, 2.45) is 5.92 Å². The van der Waals surface area contributed by atoms with Gasteiger partial charge in [0.25, 0.3) is 5.91 Å². The molecule has 5 aliphatic rings. The number of para-hydroxylation sites is 1. The highest BCUT2D eigenvalue weighted by atomic mass is 16.7. The molecule has 1 spiro atoms. The number of nitrogens with zero attached hydrogens (tertiary/aromatic N) is 2. The standard InChI is InChI=1S/C22H22N2O4/c1-12-7-13(10-25)23-18-9-22(19-8-14(20(12)23)15(18)11-28-19)16-5-3-4-6-17(16)24(27-2)21(22)26/h3-7,10,14-15,18-19H,8-9,11H2,1-2H3/t14-,15+,18+,19-,22+/m1/s1. The van der Waals surface area contributed by atoms with E-state index in [2.05, 4.69) is 11.5 Å². The summed E-state index contributed by atoms with van der Waals surface area (Å²) in [5.41, 5.74) is 4.17. The summed E-state index contributed by atoms with van der Waals surface area (Å²) >= 11 is 0. The monoisotopic (exact) mass is 378 g/mol. The number of hydrogen-bond donors (Lipinski definition) is 0. The summed E-state index contributed by atoms with van der Waals surface area (Å²) < 4.78 is 8.55. The average molecular weight is 378 g/mol. The van der Waals surface area contributed by atoms with Gasteiger partial charge in [0, 0.05) is 23.6 Å². The molecule has 7 rings (SSSR count). The van der Waals surface area contributed by atoms with Crippen molar-refractivity contribution in [1.82, 2.24) is 4.57 Å². The molecule has 5 heterocycles. The zero-order chi connectivity index (χ0) is 19.2. The zero-order valence-electron chi connectivity index (χ0n) is 15.9. The fourth-order valence-electron chi connectivity index (χ4n) is 6.50. The van der Waals surface area contributed by atoms with E-state index in [0.29, 0.717) is 30.6 Å². The molecule has 0 unspecified atom stereocenters. The molecule has 1 aromatic heterocycles. The highest BCUT2D eigenvalue weighted by Crippen LogP contribution is 2.62. The molecular weight excluding hydrogens is 356 g/mol. The third kappa shape index (κ3) is 1.68. The predicted molar refractivity (Wildman–Crippen MR) is 101 cm³/mol. The first-order valence-corrected chi connectivity index (χ1v) is 9.88. The summed E-state index contributed by atoms with van der Waals surface area (Å²) in [5.74, 6) is 0.585. The number of hydrogen-bond acceptors (Lipinski definition) is 4. The number of benzene rings is 1. The Balaban J connectivity index is 1.59. The van der Waals surface area contributed by atoms with Crippen molar-refractivity contribution in [2.75, 3.05) is 18.8 Å². The summed E-state index contributed by atoms with van der Waals surface area (Å²) in [6.07, 6.45) is 2.19. The molecule has 3 fully saturated rings. The number of fused-ring (bicyclic) bond motifs is 3. The van der Waals surface area contributed by atoms with Crippen LogP contribution in [0.5, 0.6) is 0 Å². The first-order chi connectivity index (χ1) is 13.6. The predicted octanol–water partition coefficient (Wildman–Crippen LogP) is 2.90. The van der Waals surface area contributed by atoms with E-state index in [1.165, 1.54) is 23.4 Å². The molecule has 2 aromatic rings. The van der Waals surface area contributed by atoms with Crippen LogP contribution >= 0.6 is 0 Å². The number of aldehydes is 1. The van der Waals surface area contributed by atoms with Crippen molar-refractivity contribution in [3.05, 3.63) is 52.8 Å². The molecule has 144 valence electrons. The topological polar surface area (TPSA) is 60.8 Å². The SMILES string of the molecule is CON1C(=O)[C@@]2(C[C@H]3[C@H]4CO[C@@H]2C[C@H]4c2c(C)cc(C=O)n23)c2ccccc21.